The molecule has 0 saturated carbocycles. The number of methoxy groups -OCH3 is 1. The number of esters is 1. The molecule has 37 heavy (non-hydrogen) atoms. The number of aryl methyl sites for hydroxylation is 1. The molecule has 2 amide bonds. The van der Waals surface area contributed by atoms with Gasteiger partial charge in [0.25, 0.3) is 11.1 Å². The van der Waals surface area contributed by atoms with Crippen LogP contribution in [0.25, 0.3) is 16.8 Å². The van der Waals surface area contributed by atoms with Crippen LogP contribution >= 0.6 is 11.8 Å². The molecule has 7 heteroatoms. The summed E-state index contributed by atoms with van der Waals surface area (Å²) in [4.78, 5) is 40.4. The van der Waals surface area contributed by atoms with Gasteiger partial charge in [0.15, 0.2) is 11.5 Å². The van der Waals surface area contributed by atoms with Gasteiger partial charge in [0, 0.05) is 5.56 Å². The molecule has 6 nitrogen and oxygen atoms in total. The van der Waals surface area contributed by atoms with E-state index >= 15 is 0 Å². The summed E-state index contributed by atoms with van der Waals surface area (Å²) in [7, 11) is 1.47. The minimum atomic E-state index is -0.553. The second-order valence-corrected chi connectivity index (χ2v) is 9.53. The molecule has 4 aromatic carbocycles. The summed E-state index contributed by atoms with van der Waals surface area (Å²) in [5.41, 5.74) is 2.75. The number of rotatable bonds is 6. The smallest absolute Gasteiger partial charge is 0.343 e. The lowest BCUT2D eigenvalue weighted by molar-refractivity contribution is -0.123. The Morgan fingerprint density at radius 2 is 1.65 bits per heavy atom. The van der Waals surface area contributed by atoms with E-state index < -0.39 is 11.9 Å². The molecule has 1 fully saturated rings. The molecule has 1 aliphatic heterocycles. The number of fused-ring (bicyclic) bond motifs is 1. The van der Waals surface area contributed by atoms with Crippen LogP contribution in [0.4, 0.5) is 4.79 Å². The number of benzene rings is 4. The molecule has 1 aliphatic rings. The summed E-state index contributed by atoms with van der Waals surface area (Å²) in [6.45, 7) is 2.09. The summed E-state index contributed by atoms with van der Waals surface area (Å²) in [5, 5.41) is 1.68. The van der Waals surface area contributed by atoms with Gasteiger partial charge in [-0.1, -0.05) is 72.3 Å². The Labute approximate surface area is 218 Å². The fourth-order valence-corrected chi connectivity index (χ4v) is 4.97. The Morgan fingerprint density at radius 3 is 2.43 bits per heavy atom. The molecular weight excluding hydrogens is 486 g/mol. The minimum Gasteiger partial charge on any atom is -0.493 e. The van der Waals surface area contributed by atoms with Crippen molar-refractivity contribution in [2.75, 3.05) is 7.11 Å². The van der Waals surface area contributed by atoms with Crippen molar-refractivity contribution >= 4 is 45.7 Å². The molecule has 184 valence electrons. The van der Waals surface area contributed by atoms with Crippen molar-refractivity contribution in [1.29, 1.82) is 0 Å². The van der Waals surface area contributed by atoms with Crippen LogP contribution in [0.5, 0.6) is 11.5 Å². The SMILES string of the molecule is COc1cccc(/C=C2\SC(=O)N(Cc3cccc4ccccc34)C2=O)c1OC(=O)c1ccc(C)cc1. The summed E-state index contributed by atoms with van der Waals surface area (Å²) in [5.74, 6) is -0.439. The van der Waals surface area contributed by atoms with Gasteiger partial charge in [0.05, 0.1) is 24.1 Å². The van der Waals surface area contributed by atoms with Crippen molar-refractivity contribution in [3.63, 3.8) is 0 Å². The number of thioether (sulfide) groups is 1. The van der Waals surface area contributed by atoms with Crippen LogP contribution in [0.2, 0.25) is 0 Å². The minimum absolute atomic E-state index is 0.163. The number of hydrogen-bond donors (Lipinski definition) is 0. The number of hydrogen-bond acceptors (Lipinski definition) is 6. The topological polar surface area (TPSA) is 72.9 Å². The maximum Gasteiger partial charge on any atom is 0.343 e. The third-order valence-corrected chi connectivity index (χ3v) is 6.99. The van der Waals surface area contributed by atoms with Crippen LogP contribution < -0.4 is 9.47 Å². The van der Waals surface area contributed by atoms with E-state index in [0.29, 0.717) is 16.9 Å². The van der Waals surface area contributed by atoms with Crippen molar-refractivity contribution in [2.24, 2.45) is 0 Å². The average molecular weight is 510 g/mol. The first kappa shape index (κ1) is 24.3. The molecule has 1 saturated heterocycles. The van der Waals surface area contributed by atoms with Gasteiger partial charge in [-0.25, -0.2) is 4.79 Å². The summed E-state index contributed by atoms with van der Waals surface area (Å²) >= 11 is 0.858. The number of carbonyl (C=O) groups is 3. The lowest BCUT2D eigenvalue weighted by atomic mass is 10.0. The highest BCUT2D eigenvalue weighted by atomic mass is 32.2. The molecule has 4 aromatic rings. The molecule has 0 N–H and O–H groups in total. The molecule has 0 aliphatic carbocycles. The largest absolute Gasteiger partial charge is 0.493 e. The average Bonchev–Trinajstić information content (AvgIpc) is 3.17. The molecule has 0 unspecified atom stereocenters. The summed E-state index contributed by atoms with van der Waals surface area (Å²) < 4.78 is 11.1. The van der Waals surface area contributed by atoms with E-state index in [1.54, 1.807) is 36.4 Å². The maximum absolute atomic E-state index is 13.3. The van der Waals surface area contributed by atoms with Crippen LogP contribution in [-0.4, -0.2) is 29.1 Å². The Balaban J connectivity index is 1.44. The number of para-hydroxylation sites is 1. The second-order valence-electron chi connectivity index (χ2n) is 8.54. The maximum atomic E-state index is 13.3. The third kappa shape index (κ3) is 4.99. The lowest BCUT2D eigenvalue weighted by Crippen LogP contribution is -2.27. The van der Waals surface area contributed by atoms with Crippen molar-refractivity contribution in [1.82, 2.24) is 4.90 Å². The van der Waals surface area contributed by atoms with E-state index in [9.17, 15) is 14.4 Å². The third-order valence-electron chi connectivity index (χ3n) is 6.08. The predicted octanol–water partition coefficient (Wildman–Crippen LogP) is 6.61. The Bertz CT molecular complexity index is 1550. The highest BCUT2D eigenvalue weighted by molar-refractivity contribution is 8.18. The Morgan fingerprint density at radius 1 is 0.919 bits per heavy atom. The number of imide groups is 1. The molecule has 0 spiro atoms. The van der Waals surface area contributed by atoms with E-state index in [-0.39, 0.29) is 22.4 Å². The highest BCUT2D eigenvalue weighted by Gasteiger charge is 2.35. The zero-order valence-corrected chi connectivity index (χ0v) is 21.1. The van der Waals surface area contributed by atoms with Gasteiger partial charge in [-0.2, -0.15) is 0 Å². The Hall–Kier alpha value is -4.36. The molecule has 0 aromatic heterocycles. The zero-order valence-electron chi connectivity index (χ0n) is 20.3. The predicted molar refractivity (Wildman–Crippen MR) is 145 cm³/mol. The van der Waals surface area contributed by atoms with E-state index in [4.69, 9.17) is 9.47 Å². The van der Waals surface area contributed by atoms with Gasteiger partial charge in [-0.3, -0.25) is 14.5 Å². The summed E-state index contributed by atoms with van der Waals surface area (Å²) in [6, 6.07) is 25.8. The van der Waals surface area contributed by atoms with E-state index in [1.165, 1.54) is 12.0 Å². The molecule has 0 atom stereocenters. The van der Waals surface area contributed by atoms with Gasteiger partial charge in [0.2, 0.25) is 0 Å². The van der Waals surface area contributed by atoms with E-state index in [1.807, 2.05) is 61.5 Å². The van der Waals surface area contributed by atoms with Gasteiger partial charge in [-0.15, -0.1) is 0 Å². The quantitative estimate of drug-likeness (QED) is 0.165. The standard InChI is InChI=1S/C30H23NO5S/c1-19-13-15-21(16-14-19)29(33)36-27-22(9-6-12-25(27)35-2)17-26-28(32)31(30(34)37-26)18-23-10-5-8-20-7-3-4-11-24(20)23/h3-17H,18H2,1-2H3/b26-17-. The Kier molecular flexibility index (Phi) is 6.79. The van der Waals surface area contributed by atoms with E-state index in [2.05, 4.69) is 0 Å². The van der Waals surface area contributed by atoms with Crippen molar-refractivity contribution in [3.05, 3.63) is 112 Å². The zero-order chi connectivity index (χ0) is 25.9. The van der Waals surface area contributed by atoms with Gasteiger partial charge >= 0.3 is 5.97 Å². The van der Waals surface area contributed by atoms with Crippen molar-refractivity contribution in [3.8, 4) is 11.5 Å². The normalized spacial score (nSPS) is 14.4. The number of carbonyl (C=O) groups excluding carboxylic acids is 3. The number of nitrogens with zero attached hydrogens (tertiary/aromatic N) is 1. The first-order valence-electron chi connectivity index (χ1n) is 11.6. The van der Waals surface area contributed by atoms with Crippen LogP contribution in [0.3, 0.4) is 0 Å². The first-order valence-corrected chi connectivity index (χ1v) is 12.4. The molecule has 0 bridgehead atoms. The monoisotopic (exact) mass is 509 g/mol. The van der Waals surface area contributed by atoms with Crippen LogP contribution in [0, 0.1) is 6.92 Å². The van der Waals surface area contributed by atoms with Crippen LogP contribution in [-0.2, 0) is 11.3 Å². The number of ether oxygens (including phenoxy) is 2. The van der Waals surface area contributed by atoms with E-state index in [0.717, 1.165) is 33.7 Å². The van der Waals surface area contributed by atoms with Crippen molar-refractivity contribution in [2.45, 2.75) is 13.5 Å². The molecule has 5 rings (SSSR count). The highest BCUT2D eigenvalue weighted by Crippen LogP contribution is 2.38. The van der Waals surface area contributed by atoms with Crippen molar-refractivity contribution < 1.29 is 23.9 Å². The van der Waals surface area contributed by atoms with Gasteiger partial charge < -0.3 is 9.47 Å². The second kappa shape index (κ2) is 10.3. The molecular formula is C30H23NO5S. The molecule has 0 radical (unpaired) electrons. The van der Waals surface area contributed by atoms with Crippen LogP contribution in [0.1, 0.15) is 27.0 Å². The summed E-state index contributed by atoms with van der Waals surface area (Å²) in [6.07, 6.45) is 1.56. The number of amides is 2. The van der Waals surface area contributed by atoms with Gasteiger partial charge in [-0.05, 0) is 59.3 Å². The fourth-order valence-electron chi connectivity index (χ4n) is 4.14. The molecule has 1 heterocycles. The fraction of sp³-hybridized carbons (Fsp3) is 0.100. The van der Waals surface area contributed by atoms with Crippen LogP contribution in [0.15, 0.2) is 89.8 Å². The first-order chi connectivity index (χ1) is 17.9. The lowest BCUT2D eigenvalue weighted by Gasteiger charge is -2.14. The van der Waals surface area contributed by atoms with Gasteiger partial charge in [0.1, 0.15) is 0 Å².